The highest BCUT2D eigenvalue weighted by Crippen LogP contribution is 2.39. The molecular weight excluding hydrogens is 356 g/mol. The molecule has 132 valence electrons. The highest BCUT2D eigenvalue weighted by Gasteiger charge is 2.57. The number of hydrogen-bond acceptors (Lipinski definition) is 5. The van der Waals surface area contributed by atoms with Gasteiger partial charge >= 0.3 is 5.97 Å². The lowest BCUT2D eigenvalue weighted by molar-refractivity contribution is -0.171. The number of carbonyl (C=O) groups is 4. The van der Waals surface area contributed by atoms with E-state index in [-0.39, 0.29) is 17.7 Å². The van der Waals surface area contributed by atoms with E-state index >= 15 is 0 Å². The number of fused-ring (bicyclic) bond motifs is 1. The quantitative estimate of drug-likeness (QED) is 0.651. The van der Waals surface area contributed by atoms with E-state index in [1.807, 2.05) is 0 Å². The van der Waals surface area contributed by atoms with E-state index < -0.39 is 35.3 Å². The Balaban J connectivity index is 1.63. The van der Waals surface area contributed by atoms with Gasteiger partial charge in [-0.05, 0) is 30.5 Å². The first-order valence-electron chi connectivity index (χ1n) is 7.93. The van der Waals surface area contributed by atoms with Crippen molar-refractivity contribution in [2.45, 2.75) is 18.5 Å². The van der Waals surface area contributed by atoms with Gasteiger partial charge in [-0.15, -0.1) is 11.3 Å². The molecule has 0 saturated carbocycles. The maximum absolute atomic E-state index is 12.8. The maximum atomic E-state index is 12.8. The van der Waals surface area contributed by atoms with E-state index in [0.29, 0.717) is 4.88 Å². The summed E-state index contributed by atoms with van der Waals surface area (Å²) in [6.07, 6.45) is 0. The molecule has 0 bridgehead atoms. The van der Waals surface area contributed by atoms with Gasteiger partial charge in [-0.2, -0.15) is 0 Å². The first-order chi connectivity index (χ1) is 12.4. The molecule has 2 aromatic rings. The molecule has 0 radical (unpaired) electrons. The van der Waals surface area contributed by atoms with Gasteiger partial charge in [-0.1, -0.05) is 18.2 Å². The zero-order valence-corrected chi connectivity index (χ0v) is 14.5. The number of aliphatic carboxylic acids is 1. The lowest BCUT2D eigenvalue weighted by Gasteiger charge is -2.49. The van der Waals surface area contributed by atoms with Crippen molar-refractivity contribution in [3.05, 3.63) is 57.8 Å². The molecular formula is C18H14N2O5S. The Morgan fingerprint density at radius 3 is 2.19 bits per heavy atom. The molecule has 2 atom stereocenters. The van der Waals surface area contributed by atoms with Crippen molar-refractivity contribution >= 4 is 35.0 Å². The molecule has 1 fully saturated rings. The van der Waals surface area contributed by atoms with Crippen LogP contribution in [0.1, 0.15) is 32.5 Å². The van der Waals surface area contributed by atoms with Gasteiger partial charge in [0.2, 0.25) is 5.91 Å². The molecule has 2 aliphatic heterocycles. The van der Waals surface area contributed by atoms with Gasteiger partial charge in [-0.3, -0.25) is 19.3 Å². The second-order valence-electron chi connectivity index (χ2n) is 6.35. The topological polar surface area (TPSA) is 95.0 Å². The van der Waals surface area contributed by atoms with Crippen molar-refractivity contribution in [1.82, 2.24) is 9.80 Å². The second kappa shape index (κ2) is 5.50. The van der Waals surface area contributed by atoms with Crippen LogP contribution in [0.2, 0.25) is 0 Å². The van der Waals surface area contributed by atoms with Crippen LogP contribution in [0.5, 0.6) is 0 Å². The number of rotatable bonds is 4. The van der Waals surface area contributed by atoms with Crippen molar-refractivity contribution < 1.29 is 24.3 Å². The summed E-state index contributed by atoms with van der Waals surface area (Å²) in [6, 6.07) is 8.80. The number of carboxylic acid groups (broad SMARTS) is 1. The number of nitrogens with zero attached hydrogens (tertiary/aromatic N) is 2. The van der Waals surface area contributed by atoms with Crippen LogP contribution in [0.3, 0.4) is 0 Å². The summed E-state index contributed by atoms with van der Waals surface area (Å²) in [6.45, 7) is 1.45. The van der Waals surface area contributed by atoms with Gasteiger partial charge in [0.15, 0.2) is 5.54 Å². The van der Waals surface area contributed by atoms with Crippen LogP contribution in [0, 0.1) is 0 Å². The number of thiophene rings is 1. The van der Waals surface area contributed by atoms with E-state index in [9.17, 15) is 24.3 Å². The minimum atomic E-state index is -1.53. The van der Waals surface area contributed by atoms with Gasteiger partial charge in [-0.25, -0.2) is 4.79 Å². The lowest BCUT2D eigenvalue weighted by atomic mass is 9.90. The van der Waals surface area contributed by atoms with Gasteiger partial charge in [0.25, 0.3) is 11.8 Å². The van der Waals surface area contributed by atoms with Crippen molar-refractivity contribution in [1.29, 1.82) is 0 Å². The Morgan fingerprint density at radius 2 is 1.73 bits per heavy atom. The number of imide groups is 1. The number of amides is 3. The van der Waals surface area contributed by atoms with Gasteiger partial charge in [0.05, 0.1) is 17.7 Å². The summed E-state index contributed by atoms with van der Waals surface area (Å²) in [4.78, 5) is 52.4. The molecule has 26 heavy (non-hydrogen) atoms. The van der Waals surface area contributed by atoms with Crippen LogP contribution in [0.25, 0.3) is 0 Å². The fourth-order valence-corrected chi connectivity index (χ4v) is 4.29. The molecule has 3 heterocycles. The van der Waals surface area contributed by atoms with Crippen molar-refractivity contribution in [2.75, 3.05) is 6.54 Å². The molecule has 0 spiro atoms. The van der Waals surface area contributed by atoms with E-state index in [4.69, 9.17) is 0 Å². The average Bonchev–Trinajstić information content (AvgIpc) is 3.24. The Morgan fingerprint density at radius 1 is 1.12 bits per heavy atom. The van der Waals surface area contributed by atoms with E-state index in [1.165, 1.54) is 23.2 Å². The Hall–Kier alpha value is -3.00. The zero-order valence-electron chi connectivity index (χ0n) is 13.7. The third-order valence-corrected chi connectivity index (χ3v) is 6.08. The molecule has 8 heteroatoms. The summed E-state index contributed by atoms with van der Waals surface area (Å²) in [7, 11) is 0. The fraction of sp³-hybridized carbons (Fsp3) is 0.222. The number of likely N-dealkylation sites (tertiary alicyclic amines) is 1. The molecule has 1 aromatic carbocycles. The summed E-state index contributed by atoms with van der Waals surface area (Å²) in [5.41, 5.74) is -0.994. The lowest BCUT2D eigenvalue weighted by Crippen LogP contribution is -2.71. The largest absolute Gasteiger partial charge is 0.479 e. The normalized spacial score (nSPS) is 21.4. The summed E-state index contributed by atoms with van der Waals surface area (Å²) in [5, 5.41) is 11.5. The Kier molecular flexibility index (Phi) is 3.48. The van der Waals surface area contributed by atoms with Crippen molar-refractivity contribution in [3.63, 3.8) is 0 Å². The number of hydrogen-bond donors (Lipinski definition) is 1. The van der Waals surface area contributed by atoms with Crippen molar-refractivity contribution in [2.24, 2.45) is 0 Å². The molecule has 4 rings (SSSR count). The SMILES string of the molecule is CC(C(=O)O)(c1cccs1)N1CC(N2C(=O)c3ccccc3C2=O)C1=O. The smallest absolute Gasteiger partial charge is 0.334 e. The zero-order chi connectivity index (χ0) is 18.6. The molecule has 1 aromatic heterocycles. The molecule has 0 aliphatic carbocycles. The molecule has 7 nitrogen and oxygen atoms in total. The highest BCUT2D eigenvalue weighted by molar-refractivity contribution is 7.10. The molecule has 1 N–H and O–H groups in total. The number of benzene rings is 1. The van der Waals surface area contributed by atoms with Crippen molar-refractivity contribution in [3.8, 4) is 0 Å². The predicted molar refractivity (Wildman–Crippen MR) is 91.7 cm³/mol. The molecule has 1 saturated heterocycles. The average molecular weight is 370 g/mol. The first-order valence-corrected chi connectivity index (χ1v) is 8.81. The Labute approximate surface area is 152 Å². The van der Waals surface area contributed by atoms with Gasteiger partial charge < -0.3 is 10.0 Å². The molecule has 3 amide bonds. The van der Waals surface area contributed by atoms with E-state index in [0.717, 1.165) is 4.90 Å². The van der Waals surface area contributed by atoms with Gasteiger partial charge in [0.1, 0.15) is 6.04 Å². The summed E-state index contributed by atoms with van der Waals surface area (Å²) < 4.78 is 0. The highest BCUT2D eigenvalue weighted by atomic mass is 32.1. The number of carboxylic acids is 1. The second-order valence-corrected chi connectivity index (χ2v) is 7.29. The van der Waals surface area contributed by atoms with Crippen LogP contribution < -0.4 is 0 Å². The fourth-order valence-electron chi connectivity index (χ4n) is 3.40. The maximum Gasteiger partial charge on any atom is 0.334 e. The standard InChI is InChI=1S/C18H14N2O5S/c1-18(17(24)25,13-7-4-8-26-13)19-9-12(16(19)23)20-14(21)10-5-2-3-6-11(10)15(20)22/h2-8,12H,9H2,1H3,(H,24,25). The van der Waals surface area contributed by atoms with Crippen LogP contribution >= 0.6 is 11.3 Å². The Bertz CT molecular complexity index is 919. The number of carbonyl (C=O) groups excluding carboxylic acids is 3. The predicted octanol–water partition coefficient (Wildman–Crippen LogP) is 1.55. The van der Waals surface area contributed by atoms with Crippen LogP contribution in [0.4, 0.5) is 0 Å². The monoisotopic (exact) mass is 370 g/mol. The van der Waals surface area contributed by atoms with E-state index in [2.05, 4.69) is 0 Å². The summed E-state index contributed by atoms with van der Waals surface area (Å²) in [5.74, 6) is -2.74. The summed E-state index contributed by atoms with van der Waals surface area (Å²) >= 11 is 1.24. The van der Waals surface area contributed by atoms with Gasteiger partial charge in [0, 0.05) is 4.88 Å². The third kappa shape index (κ3) is 1.99. The van der Waals surface area contributed by atoms with Crippen LogP contribution in [-0.4, -0.2) is 51.2 Å². The number of β-lactam (4-membered cyclic amide) rings is 1. The van der Waals surface area contributed by atoms with Crippen LogP contribution in [0.15, 0.2) is 41.8 Å². The molecule has 2 unspecified atom stereocenters. The first kappa shape index (κ1) is 16.5. The minimum Gasteiger partial charge on any atom is -0.479 e. The minimum absolute atomic E-state index is 0.00893. The molecule has 2 aliphatic rings. The third-order valence-electron chi connectivity index (χ3n) is 5.00. The van der Waals surface area contributed by atoms with Crippen LogP contribution in [-0.2, 0) is 15.1 Å². The van der Waals surface area contributed by atoms with E-state index in [1.54, 1.807) is 41.8 Å².